The third-order valence-corrected chi connectivity index (χ3v) is 4.99. The van der Waals surface area contributed by atoms with Crippen LogP contribution in [0.4, 0.5) is 5.69 Å². The molecule has 5 nitrogen and oxygen atoms in total. The summed E-state index contributed by atoms with van der Waals surface area (Å²) in [6, 6.07) is 7.94. The van der Waals surface area contributed by atoms with Crippen molar-refractivity contribution in [1.29, 1.82) is 0 Å². The highest BCUT2D eigenvalue weighted by Crippen LogP contribution is 2.37. The van der Waals surface area contributed by atoms with Crippen LogP contribution >= 0.6 is 0 Å². The van der Waals surface area contributed by atoms with E-state index in [1.165, 1.54) is 0 Å². The Bertz CT molecular complexity index is 888. The molecule has 1 atom stereocenters. The van der Waals surface area contributed by atoms with Gasteiger partial charge in [0.15, 0.2) is 11.5 Å². The number of ether oxygens (including phenoxy) is 2. The standard InChI is InChI=1S/C21H24N2O3/c1-13(2)12-26-20-10-15-8-18-17(7-14(15)9-19(20)25-3)21(24)23-6-4-5-16(23)11-22-18/h7-11,13,16H,4-6,12H2,1-3H3. The molecule has 2 aliphatic heterocycles. The predicted molar refractivity (Wildman–Crippen MR) is 103 cm³/mol. The van der Waals surface area contributed by atoms with Gasteiger partial charge in [-0.3, -0.25) is 9.79 Å². The van der Waals surface area contributed by atoms with E-state index in [1.807, 2.05) is 35.4 Å². The zero-order valence-corrected chi connectivity index (χ0v) is 15.5. The highest BCUT2D eigenvalue weighted by molar-refractivity contribution is 6.07. The Morgan fingerprint density at radius 2 is 1.96 bits per heavy atom. The van der Waals surface area contributed by atoms with E-state index in [0.717, 1.165) is 41.6 Å². The summed E-state index contributed by atoms with van der Waals surface area (Å²) in [5, 5.41) is 1.95. The normalized spacial score (nSPS) is 18.8. The Labute approximate surface area is 153 Å². The first-order valence-corrected chi connectivity index (χ1v) is 9.20. The molecule has 0 bridgehead atoms. The van der Waals surface area contributed by atoms with Crippen molar-refractivity contribution < 1.29 is 14.3 Å². The summed E-state index contributed by atoms with van der Waals surface area (Å²) < 4.78 is 11.4. The van der Waals surface area contributed by atoms with Crippen molar-refractivity contribution in [2.24, 2.45) is 10.9 Å². The Morgan fingerprint density at radius 3 is 2.73 bits per heavy atom. The molecular formula is C21H24N2O3. The van der Waals surface area contributed by atoms with Crippen LogP contribution in [-0.4, -0.2) is 43.3 Å². The summed E-state index contributed by atoms with van der Waals surface area (Å²) in [5.74, 6) is 1.90. The van der Waals surface area contributed by atoms with E-state index in [1.54, 1.807) is 7.11 Å². The summed E-state index contributed by atoms with van der Waals surface area (Å²) in [4.78, 5) is 19.5. The van der Waals surface area contributed by atoms with Gasteiger partial charge in [-0.25, -0.2) is 0 Å². The number of carbonyl (C=O) groups is 1. The fourth-order valence-corrected chi connectivity index (χ4v) is 3.62. The van der Waals surface area contributed by atoms with Gasteiger partial charge >= 0.3 is 0 Å². The second kappa shape index (κ2) is 6.63. The molecule has 0 saturated carbocycles. The molecule has 0 spiro atoms. The first-order chi connectivity index (χ1) is 12.6. The smallest absolute Gasteiger partial charge is 0.256 e. The van der Waals surface area contributed by atoms with Crippen molar-refractivity contribution in [2.45, 2.75) is 32.7 Å². The number of methoxy groups -OCH3 is 1. The number of amides is 1. The first-order valence-electron chi connectivity index (χ1n) is 9.20. The van der Waals surface area contributed by atoms with Crippen molar-refractivity contribution in [1.82, 2.24) is 4.90 Å². The van der Waals surface area contributed by atoms with Crippen molar-refractivity contribution >= 4 is 28.6 Å². The Hall–Kier alpha value is -2.56. The molecule has 0 radical (unpaired) electrons. The van der Waals surface area contributed by atoms with Gasteiger partial charge < -0.3 is 14.4 Å². The van der Waals surface area contributed by atoms with Crippen LogP contribution < -0.4 is 9.47 Å². The molecule has 2 aromatic carbocycles. The minimum absolute atomic E-state index is 0.0704. The lowest BCUT2D eigenvalue weighted by Crippen LogP contribution is -2.35. The topological polar surface area (TPSA) is 51.1 Å². The quantitative estimate of drug-likeness (QED) is 0.828. The van der Waals surface area contributed by atoms with Gasteiger partial charge in [0.2, 0.25) is 0 Å². The fraction of sp³-hybridized carbons (Fsp3) is 0.429. The highest BCUT2D eigenvalue weighted by atomic mass is 16.5. The van der Waals surface area contributed by atoms with E-state index < -0.39 is 0 Å². The molecule has 2 aliphatic rings. The van der Waals surface area contributed by atoms with Crippen LogP contribution in [0.5, 0.6) is 11.5 Å². The van der Waals surface area contributed by atoms with Crippen molar-refractivity contribution in [3.8, 4) is 11.5 Å². The van der Waals surface area contributed by atoms with Gasteiger partial charge in [-0.1, -0.05) is 13.8 Å². The summed E-state index contributed by atoms with van der Waals surface area (Å²) >= 11 is 0. The van der Waals surface area contributed by atoms with Crippen LogP contribution in [0.15, 0.2) is 29.3 Å². The molecule has 0 aromatic heterocycles. The minimum atomic E-state index is 0.0704. The number of hydrogen-bond donors (Lipinski definition) is 0. The Balaban J connectivity index is 1.80. The molecule has 26 heavy (non-hydrogen) atoms. The molecule has 0 N–H and O–H groups in total. The van der Waals surface area contributed by atoms with Crippen LogP contribution in [0, 0.1) is 5.92 Å². The van der Waals surface area contributed by atoms with Crippen molar-refractivity contribution in [2.75, 3.05) is 20.3 Å². The molecule has 0 aliphatic carbocycles. The second-order valence-electron chi connectivity index (χ2n) is 7.41. The SMILES string of the molecule is COc1cc2cc3c(cc2cc1OCC(C)C)N=CC1CCCN1C3=O. The maximum Gasteiger partial charge on any atom is 0.256 e. The van der Waals surface area contributed by atoms with Gasteiger partial charge in [-0.2, -0.15) is 0 Å². The Morgan fingerprint density at radius 1 is 1.19 bits per heavy atom. The average molecular weight is 352 g/mol. The predicted octanol–water partition coefficient (Wildman–Crippen LogP) is 4.20. The monoisotopic (exact) mass is 352 g/mol. The number of aliphatic imine (C=N–C) groups is 1. The number of benzene rings is 2. The molecule has 1 unspecified atom stereocenters. The molecule has 1 amide bonds. The Kier molecular flexibility index (Phi) is 4.31. The van der Waals surface area contributed by atoms with Gasteiger partial charge in [-0.15, -0.1) is 0 Å². The number of rotatable bonds is 4. The van der Waals surface area contributed by atoms with Gasteiger partial charge in [0.25, 0.3) is 5.91 Å². The largest absolute Gasteiger partial charge is 0.493 e. The lowest BCUT2D eigenvalue weighted by molar-refractivity contribution is 0.0775. The van der Waals surface area contributed by atoms with Gasteiger partial charge in [0, 0.05) is 12.8 Å². The third-order valence-electron chi connectivity index (χ3n) is 4.99. The summed E-state index contributed by atoms with van der Waals surface area (Å²) in [6.07, 6.45) is 3.95. The highest BCUT2D eigenvalue weighted by Gasteiger charge is 2.31. The summed E-state index contributed by atoms with van der Waals surface area (Å²) in [5.41, 5.74) is 1.40. The van der Waals surface area contributed by atoms with Gasteiger partial charge in [-0.05, 0) is 53.8 Å². The molecule has 5 heteroatoms. The number of hydrogen-bond acceptors (Lipinski definition) is 4. The molecule has 2 aromatic rings. The van der Waals surface area contributed by atoms with E-state index in [-0.39, 0.29) is 11.9 Å². The average Bonchev–Trinajstić information content (AvgIpc) is 3.06. The lowest BCUT2D eigenvalue weighted by Gasteiger charge is -2.20. The van der Waals surface area contributed by atoms with Crippen molar-refractivity contribution in [3.05, 3.63) is 29.8 Å². The van der Waals surface area contributed by atoms with Gasteiger partial charge in [0.1, 0.15) is 0 Å². The summed E-state index contributed by atoms with van der Waals surface area (Å²) in [7, 11) is 1.64. The molecule has 136 valence electrons. The maximum atomic E-state index is 13.0. The zero-order valence-electron chi connectivity index (χ0n) is 15.5. The molecule has 1 saturated heterocycles. The fourth-order valence-electron chi connectivity index (χ4n) is 3.62. The van der Waals surface area contributed by atoms with E-state index in [2.05, 4.69) is 18.8 Å². The van der Waals surface area contributed by atoms with Crippen LogP contribution in [0.2, 0.25) is 0 Å². The van der Waals surface area contributed by atoms with Crippen molar-refractivity contribution in [3.63, 3.8) is 0 Å². The zero-order chi connectivity index (χ0) is 18.3. The minimum Gasteiger partial charge on any atom is -0.493 e. The van der Waals surface area contributed by atoms with Crippen LogP contribution in [-0.2, 0) is 0 Å². The van der Waals surface area contributed by atoms with Gasteiger partial charge in [0.05, 0.1) is 31.0 Å². The second-order valence-corrected chi connectivity index (χ2v) is 7.41. The third kappa shape index (κ3) is 2.91. The van der Waals surface area contributed by atoms with E-state index in [4.69, 9.17) is 9.47 Å². The van der Waals surface area contributed by atoms with Crippen LogP contribution in [0.1, 0.15) is 37.0 Å². The first kappa shape index (κ1) is 16.9. The number of nitrogens with zero attached hydrogens (tertiary/aromatic N) is 2. The van der Waals surface area contributed by atoms with Crippen LogP contribution in [0.25, 0.3) is 10.8 Å². The molecule has 1 fully saturated rings. The summed E-state index contributed by atoms with van der Waals surface area (Å²) in [6.45, 7) is 5.65. The molecular weight excluding hydrogens is 328 g/mol. The van der Waals surface area contributed by atoms with E-state index in [9.17, 15) is 4.79 Å². The molecule has 2 heterocycles. The lowest BCUT2D eigenvalue weighted by atomic mass is 10.0. The molecule has 4 rings (SSSR count). The van der Waals surface area contributed by atoms with Crippen LogP contribution in [0.3, 0.4) is 0 Å². The number of fused-ring (bicyclic) bond motifs is 3. The van der Waals surface area contributed by atoms with E-state index >= 15 is 0 Å². The maximum absolute atomic E-state index is 13.0. The number of carbonyl (C=O) groups excluding carboxylic acids is 1. The van der Waals surface area contributed by atoms with E-state index in [0.29, 0.717) is 23.8 Å².